The van der Waals surface area contributed by atoms with Crippen LogP contribution in [0.3, 0.4) is 0 Å². The van der Waals surface area contributed by atoms with Crippen molar-refractivity contribution in [2.45, 2.75) is 17.4 Å². The lowest BCUT2D eigenvalue weighted by Crippen LogP contribution is -2.32. The van der Waals surface area contributed by atoms with Gasteiger partial charge < -0.3 is 4.42 Å². The third-order valence-corrected chi connectivity index (χ3v) is 6.44. The van der Waals surface area contributed by atoms with E-state index >= 15 is 0 Å². The summed E-state index contributed by atoms with van der Waals surface area (Å²) >= 11 is 0. The largest absolute Gasteiger partial charge is 0.464 e. The Balaban J connectivity index is 1.78. The molecule has 0 spiro atoms. The zero-order valence-electron chi connectivity index (χ0n) is 14.1. The van der Waals surface area contributed by atoms with Crippen LogP contribution in [-0.2, 0) is 14.8 Å². The van der Waals surface area contributed by atoms with Gasteiger partial charge in [-0.2, -0.15) is 0 Å². The first kappa shape index (κ1) is 17.3. The van der Waals surface area contributed by atoms with Crippen LogP contribution < -0.4 is 9.79 Å². The van der Waals surface area contributed by atoms with Gasteiger partial charge in [0.15, 0.2) is 0 Å². The Morgan fingerprint density at radius 1 is 1.07 bits per heavy atom. The molecule has 1 amide bonds. The van der Waals surface area contributed by atoms with E-state index in [-0.39, 0.29) is 11.3 Å². The van der Waals surface area contributed by atoms with E-state index in [0.29, 0.717) is 17.0 Å². The number of fused-ring (bicyclic) bond motifs is 1. The second kappa shape index (κ2) is 6.57. The minimum absolute atomic E-state index is 0.163. The van der Waals surface area contributed by atoms with Gasteiger partial charge in [0.25, 0.3) is 10.0 Å². The highest BCUT2D eigenvalue weighted by atomic mass is 32.2. The van der Waals surface area contributed by atoms with Gasteiger partial charge in [-0.15, -0.1) is 0 Å². The first-order valence-electron chi connectivity index (χ1n) is 8.22. The molecular formula is C19H16N2O5S. The fourth-order valence-electron chi connectivity index (χ4n) is 3.34. The molecule has 1 aromatic heterocycles. The number of benzene rings is 2. The summed E-state index contributed by atoms with van der Waals surface area (Å²) in [5.41, 5.74) is 3.34. The Bertz CT molecular complexity index is 1080. The van der Waals surface area contributed by atoms with Crippen molar-refractivity contribution < 1.29 is 22.8 Å². The molecule has 138 valence electrons. The van der Waals surface area contributed by atoms with Gasteiger partial charge in [0.1, 0.15) is 5.76 Å². The predicted molar refractivity (Wildman–Crippen MR) is 97.5 cm³/mol. The van der Waals surface area contributed by atoms with E-state index in [1.165, 1.54) is 10.4 Å². The van der Waals surface area contributed by atoms with Crippen molar-refractivity contribution in [1.29, 1.82) is 0 Å². The number of carbonyl (C=O) groups excluding carboxylic acids is 1. The summed E-state index contributed by atoms with van der Waals surface area (Å²) in [7, 11) is -3.82. The first-order valence-corrected chi connectivity index (χ1v) is 9.66. The molecule has 1 atom stereocenters. The van der Waals surface area contributed by atoms with Gasteiger partial charge in [0.2, 0.25) is 5.91 Å². The summed E-state index contributed by atoms with van der Waals surface area (Å²) in [4.78, 5) is 11.9. The molecule has 2 N–H and O–H groups in total. The third kappa shape index (κ3) is 2.88. The maximum absolute atomic E-state index is 13.1. The Morgan fingerprint density at radius 2 is 1.81 bits per heavy atom. The number of hydrogen-bond acceptors (Lipinski definition) is 5. The second-order valence-electron chi connectivity index (χ2n) is 6.12. The summed E-state index contributed by atoms with van der Waals surface area (Å²) in [6, 6.07) is 16.3. The van der Waals surface area contributed by atoms with E-state index in [4.69, 9.17) is 9.62 Å². The van der Waals surface area contributed by atoms with Crippen LogP contribution in [0.2, 0.25) is 0 Å². The fourth-order valence-corrected chi connectivity index (χ4v) is 5.23. The van der Waals surface area contributed by atoms with Crippen LogP contribution in [0.25, 0.3) is 11.3 Å². The Kier molecular flexibility index (Phi) is 4.21. The molecule has 1 unspecified atom stereocenters. The molecule has 4 rings (SSSR count). The number of amides is 1. The molecule has 7 nitrogen and oxygen atoms in total. The number of hydrogen-bond donors (Lipinski definition) is 2. The fraction of sp³-hybridized carbons (Fsp3) is 0.105. The third-order valence-electron chi connectivity index (χ3n) is 4.53. The Labute approximate surface area is 155 Å². The molecule has 2 heterocycles. The van der Waals surface area contributed by atoms with Crippen LogP contribution in [0.1, 0.15) is 18.0 Å². The van der Waals surface area contributed by atoms with Crippen LogP contribution in [0.15, 0.2) is 76.2 Å². The van der Waals surface area contributed by atoms with Crippen molar-refractivity contribution in [2.24, 2.45) is 0 Å². The Hall–Kier alpha value is -3.10. The van der Waals surface area contributed by atoms with Crippen molar-refractivity contribution in [3.05, 3.63) is 72.5 Å². The van der Waals surface area contributed by atoms with Crippen molar-refractivity contribution in [3.63, 3.8) is 0 Å². The normalized spacial score (nSPS) is 17.5. The number of sulfonamides is 1. The van der Waals surface area contributed by atoms with Crippen LogP contribution in [0.5, 0.6) is 0 Å². The lowest BCUT2D eigenvalue weighted by atomic mass is 10.0. The molecule has 0 saturated carbocycles. The van der Waals surface area contributed by atoms with Crippen molar-refractivity contribution in [3.8, 4) is 11.3 Å². The van der Waals surface area contributed by atoms with E-state index < -0.39 is 22.0 Å². The molecule has 0 fully saturated rings. The van der Waals surface area contributed by atoms with Crippen LogP contribution >= 0.6 is 0 Å². The average molecular weight is 384 g/mol. The maximum atomic E-state index is 13.1. The molecular weight excluding hydrogens is 368 g/mol. The summed E-state index contributed by atoms with van der Waals surface area (Å²) in [5.74, 6) is 0.00873. The second-order valence-corrected chi connectivity index (χ2v) is 7.90. The van der Waals surface area contributed by atoms with E-state index in [1.807, 2.05) is 6.07 Å². The number of furan rings is 1. The predicted octanol–water partition coefficient (Wildman–Crippen LogP) is 3.09. The number of nitrogens with one attached hydrogen (secondary N) is 1. The van der Waals surface area contributed by atoms with Crippen LogP contribution in [-0.4, -0.2) is 19.5 Å². The van der Waals surface area contributed by atoms with Crippen LogP contribution in [0, 0.1) is 0 Å². The summed E-state index contributed by atoms with van der Waals surface area (Å²) in [6.45, 7) is 0. The lowest BCUT2D eigenvalue weighted by Gasteiger charge is -2.25. The van der Waals surface area contributed by atoms with Gasteiger partial charge in [-0.25, -0.2) is 13.9 Å². The molecule has 0 bridgehead atoms. The number of anilines is 1. The molecule has 0 radical (unpaired) electrons. The SMILES string of the molecule is O=C(CC1c2ccccc2S(=O)(=O)N1c1ccc(-c2ccco2)cc1)NO. The zero-order valence-corrected chi connectivity index (χ0v) is 14.9. The lowest BCUT2D eigenvalue weighted by molar-refractivity contribution is -0.129. The molecule has 8 heteroatoms. The standard InChI is InChI=1S/C19H16N2O5S/c22-19(20-23)12-16-15-4-1-2-6-18(15)27(24,25)21(16)14-9-7-13(8-10-14)17-5-3-11-26-17/h1-11,16,23H,12H2,(H,20,22). The van der Waals surface area contributed by atoms with Gasteiger partial charge >= 0.3 is 0 Å². The average Bonchev–Trinajstić information content (AvgIpc) is 3.28. The number of rotatable bonds is 4. The van der Waals surface area contributed by atoms with E-state index in [0.717, 1.165) is 5.56 Å². The van der Waals surface area contributed by atoms with Gasteiger partial charge in [-0.3, -0.25) is 14.3 Å². The van der Waals surface area contributed by atoms with E-state index in [9.17, 15) is 13.2 Å². The number of carbonyl (C=O) groups is 1. The number of hydroxylamine groups is 1. The van der Waals surface area contributed by atoms with E-state index in [1.54, 1.807) is 60.3 Å². The minimum Gasteiger partial charge on any atom is -0.464 e. The molecule has 1 aliphatic rings. The molecule has 0 saturated heterocycles. The van der Waals surface area contributed by atoms with Crippen molar-refractivity contribution in [2.75, 3.05) is 4.31 Å². The molecule has 1 aliphatic heterocycles. The summed E-state index contributed by atoms with van der Waals surface area (Å²) < 4.78 is 32.8. The Morgan fingerprint density at radius 3 is 2.48 bits per heavy atom. The highest BCUT2D eigenvalue weighted by molar-refractivity contribution is 7.93. The van der Waals surface area contributed by atoms with Gasteiger partial charge in [-0.05, 0) is 48.0 Å². The first-order chi connectivity index (χ1) is 13.0. The van der Waals surface area contributed by atoms with Gasteiger partial charge in [-0.1, -0.05) is 18.2 Å². The maximum Gasteiger partial charge on any atom is 0.265 e. The van der Waals surface area contributed by atoms with Gasteiger partial charge in [0.05, 0.1) is 29.3 Å². The highest BCUT2D eigenvalue weighted by Crippen LogP contribution is 2.44. The molecule has 2 aromatic carbocycles. The van der Waals surface area contributed by atoms with Gasteiger partial charge in [0, 0.05) is 5.56 Å². The zero-order chi connectivity index (χ0) is 19.0. The summed E-state index contributed by atoms with van der Waals surface area (Å²) in [5, 5.41) is 8.89. The van der Waals surface area contributed by atoms with Crippen LogP contribution in [0.4, 0.5) is 5.69 Å². The van der Waals surface area contributed by atoms with E-state index in [2.05, 4.69) is 0 Å². The van der Waals surface area contributed by atoms with Crippen molar-refractivity contribution >= 4 is 21.6 Å². The smallest absolute Gasteiger partial charge is 0.265 e. The molecule has 0 aliphatic carbocycles. The van der Waals surface area contributed by atoms with Crippen molar-refractivity contribution in [1.82, 2.24) is 5.48 Å². The molecule has 3 aromatic rings. The summed E-state index contributed by atoms with van der Waals surface area (Å²) in [6.07, 6.45) is 1.36. The monoisotopic (exact) mass is 384 g/mol. The number of nitrogens with zero attached hydrogens (tertiary/aromatic N) is 1. The quantitative estimate of drug-likeness (QED) is 0.532. The topological polar surface area (TPSA) is 99.9 Å². The highest BCUT2D eigenvalue weighted by Gasteiger charge is 2.43. The minimum atomic E-state index is -3.82. The molecule has 27 heavy (non-hydrogen) atoms.